The van der Waals surface area contributed by atoms with E-state index >= 15 is 0 Å². The molecule has 4 heteroatoms. The van der Waals surface area contributed by atoms with Crippen LogP contribution in [0.3, 0.4) is 0 Å². The van der Waals surface area contributed by atoms with Crippen LogP contribution >= 0.6 is 0 Å². The molecule has 12 heavy (non-hydrogen) atoms. The SMILES string of the molecule is CCNCC(=O)NCC(O)CC. The standard InChI is InChI=1S/C8H18N2O2/c1-3-7(11)5-10-8(12)6-9-4-2/h7,9,11H,3-6H2,1-2H3,(H,10,12). The molecule has 1 amide bonds. The van der Waals surface area contributed by atoms with Gasteiger partial charge in [-0.05, 0) is 13.0 Å². The molecule has 0 fully saturated rings. The maximum absolute atomic E-state index is 10.9. The fraction of sp³-hybridized carbons (Fsp3) is 0.875. The summed E-state index contributed by atoms with van der Waals surface area (Å²) < 4.78 is 0. The molecule has 0 aliphatic carbocycles. The molecular weight excluding hydrogens is 156 g/mol. The Morgan fingerprint density at radius 1 is 1.50 bits per heavy atom. The van der Waals surface area contributed by atoms with E-state index in [0.717, 1.165) is 6.54 Å². The zero-order valence-electron chi connectivity index (χ0n) is 7.76. The first-order valence-corrected chi connectivity index (χ1v) is 4.36. The Morgan fingerprint density at radius 2 is 2.17 bits per heavy atom. The monoisotopic (exact) mass is 174 g/mol. The molecule has 0 rings (SSSR count). The number of nitrogens with one attached hydrogen (secondary N) is 2. The van der Waals surface area contributed by atoms with Crippen molar-refractivity contribution in [1.29, 1.82) is 0 Å². The highest BCUT2D eigenvalue weighted by Gasteiger charge is 2.03. The Bertz CT molecular complexity index is 128. The van der Waals surface area contributed by atoms with Crippen molar-refractivity contribution in [2.45, 2.75) is 26.4 Å². The van der Waals surface area contributed by atoms with E-state index in [4.69, 9.17) is 5.11 Å². The second-order valence-electron chi connectivity index (χ2n) is 2.65. The summed E-state index contributed by atoms with van der Waals surface area (Å²) in [5.41, 5.74) is 0. The topological polar surface area (TPSA) is 61.4 Å². The summed E-state index contributed by atoms with van der Waals surface area (Å²) in [5, 5.41) is 14.6. The number of hydrogen-bond donors (Lipinski definition) is 3. The summed E-state index contributed by atoms with van der Waals surface area (Å²) in [6, 6.07) is 0. The van der Waals surface area contributed by atoms with Gasteiger partial charge in [0.05, 0.1) is 12.6 Å². The highest BCUT2D eigenvalue weighted by atomic mass is 16.3. The van der Waals surface area contributed by atoms with Crippen LogP contribution in [-0.4, -0.2) is 36.8 Å². The molecule has 4 nitrogen and oxygen atoms in total. The minimum absolute atomic E-state index is 0.0654. The molecular formula is C8H18N2O2. The fourth-order valence-electron chi connectivity index (χ4n) is 0.677. The Balaban J connectivity index is 3.31. The first-order valence-electron chi connectivity index (χ1n) is 4.36. The number of amides is 1. The first kappa shape index (κ1) is 11.4. The second-order valence-corrected chi connectivity index (χ2v) is 2.65. The Morgan fingerprint density at radius 3 is 2.67 bits per heavy atom. The molecule has 0 bridgehead atoms. The van der Waals surface area contributed by atoms with Gasteiger partial charge in [-0.1, -0.05) is 13.8 Å². The second kappa shape index (κ2) is 7.06. The molecule has 1 atom stereocenters. The molecule has 3 N–H and O–H groups in total. The Kier molecular flexibility index (Phi) is 6.70. The van der Waals surface area contributed by atoms with E-state index in [1.807, 2.05) is 13.8 Å². The van der Waals surface area contributed by atoms with E-state index < -0.39 is 6.10 Å². The minimum atomic E-state index is -0.421. The van der Waals surface area contributed by atoms with Gasteiger partial charge in [-0.3, -0.25) is 4.79 Å². The van der Waals surface area contributed by atoms with E-state index in [9.17, 15) is 4.79 Å². The van der Waals surface area contributed by atoms with Crippen molar-refractivity contribution < 1.29 is 9.90 Å². The largest absolute Gasteiger partial charge is 0.391 e. The van der Waals surface area contributed by atoms with E-state index in [1.165, 1.54) is 0 Å². The van der Waals surface area contributed by atoms with Crippen LogP contribution in [-0.2, 0) is 4.79 Å². The molecule has 0 aromatic rings. The summed E-state index contributed by atoms with van der Waals surface area (Å²) >= 11 is 0. The normalized spacial score (nSPS) is 12.6. The van der Waals surface area contributed by atoms with Gasteiger partial charge in [0.15, 0.2) is 0 Å². The van der Waals surface area contributed by atoms with Gasteiger partial charge in [0.2, 0.25) is 5.91 Å². The highest BCUT2D eigenvalue weighted by Crippen LogP contribution is 1.85. The van der Waals surface area contributed by atoms with Crippen LogP contribution in [0, 0.1) is 0 Å². The lowest BCUT2D eigenvalue weighted by molar-refractivity contribution is -0.120. The van der Waals surface area contributed by atoms with Crippen molar-refractivity contribution in [3.63, 3.8) is 0 Å². The predicted octanol–water partition coefficient (Wildman–Crippen LogP) is -0.517. The zero-order chi connectivity index (χ0) is 9.40. The first-order chi connectivity index (χ1) is 5.70. The van der Waals surface area contributed by atoms with Crippen LogP contribution in [0.25, 0.3) is 0 Å². The lowest BCUT2D eigenvalue weighted by Crippen LogP contribution is -2.37. The molecule has 0 heterocycles. The van der Waals surface area contributed by atoms with Crippen molar-refractivity contribution >= 4 is 5.91 Å². The van der Waals surface area contributed by atoms with Gasteiger partial charge in [-0.15, -0.1) is 0 Å². The summed E-state index contributed by atoms with van der Waals surface area (Å²) in [4.78, 5) is 10.9. The Hall–Kier alpha value is -0.610. The average Bonchev–Trinajstić information content (AvgIpc) is 2.10. The van der Waals surface area contributed by atoms with Crippen molar-refractivity contribution in [1.82, 2.24) is 10.6 Å². The van der Waals surface area contributed by atoms with Gasteiger partial charge < -0.3 is 15.7 Å². The number of hydrogen-bond acceptors (Lipinski definition) is 3. The third-order valence-corrected chi connectivity index (χ3v) is 1.54. The average molecular weight is 174 g/mol. The number of rotatable bonds is 6. The summed E-state index contributed by atoms with van der Waals surface area (Å²) in [6.07, 6.45) is 0.247. The molecule has 0 aromatic carbocycles. The molecule has 1 unspecified atom stereocenters. The van der Waals surface area contributed by atoms with Crippen LogP contribution in [0.15, 0.2) is 0 Å². The van der Waals surface area contributed by atoms with E-state index in [0.29, 0.717) is 19.5 Å². The van der Waals surface area contributed by atoms with Crippen molar-refractivity contribution in [3.05, 3.63) is 0 Å². The molecule has 72 valence electrons. The van der Waals surface area contributed by atoms with Crippen LogP contribution < -0.4 is 10.6 Å². The third-order valence-electron chi connectivity index (χ3n) is 1.54. The molecule has 0 spiro atoms. The highest BCUT2D eigenvalue weighted by molar-refractivity contribution is 5.77. The molecule has 0 aliphatic rings. The van der Waals surface area contributed by atoms with Gasteiger partial charge in [0.1, 0.15) is 0 Å². The van der Waals surface area contributed by atoms with Crippen molar-refractivity contribution in [2.75, 3.05) is 19.6 Å². The van der Waals surface area contributed by atoms with E-state index in [-0.39, 0.29) is 5.91 Å². The smallest absolute Gasteiger partial charge is 0.234 e. The quantitative estimate of drug-likeness (QED) is 0.508. The molecule has 0 saturated carbocycles. The van der Waals surface area contributed by atoms with Gasteiger partial charge in [-0.25, -0.2) is 0 Å². The van der Waals surface area contributed by atoms with Gasteiger partial charge in [0, 0.05) is 6.54 Å². The van der Waals surface area contributed by atoms with E-state index in [2.05, 4.69) is 10.6 Å². The summed E-state index contributed by atoms with van der Waals surface area (Å²) in [7, 11) is 0. The number of aliphatic hydroxyl groups is 1. The van der Waals surface area contributed by atoms with Crippen molar-refractivity contribution in [3.8, 4) is 0 Å². The maximum Gasteiger partial charge on any atom is 0.234 e. The van der Waals surface area contributed by atoms with E-state index in [1.54, 1.807) is 0 Å². The predicted molar refractivity (Wildman–Crippen MR) is 47.9 cm³/mol. The zero-order valence-corrected chi connectivity index (χ0v) is 7.76. The summed E-state index contributed by atoms with van der Waals surface area (Å²) in [6.45, 7) is 5.27. The summed E-state index contributed by atoms with van der Waals surface area (Å²) in [5.74, 6) is -0.0654. The van der Waals surface area contributed by atoms with Crippen LogP contribution in [0.2, 0.25) is 0 Å². The lowest BCUT2D eigenvalue weighted by Gasteiger charge is -2.09. The van der Waals surface area contributed by atoms with Gasteiger partial charge in [0.25, 0.3) is 0 Å². The fourth-order valence-corrected chi connectivity index (χ4v) is 0.677. The molecule has 0 saturated heterocycles. The molecule has 0 radical (unpaired) electrons. The number of carbonyl (C=O) groups excluding carboxylic acids is 1. The minimum Gasteiger partial charge on any atom is -0.391 e. The third kappa shape index (κ3) is 6.12. The molecule has 0 aromatic heterocycles. The number of aliphatic hydroxyl groups excluding tert-OH is 1. The number of likely N-dealkylation sites (N-methyl/N-ethyl adjacent to an activating group) is 1. The van der Waals surface area contributed by atoms with Crippen LogP contribution in [0.1, 0.15) is 20.3 Å². The lowest BCUT2D eigenvalue weighted by atomic mass is 10.3. The van der Waals surface area contributed by atoms with Crippen LogP contribution in [0.4, 0.5) is 0 Å². The Labute approximate surface area is 73.3 Å². The van der Waals surface area contributed by atoms with Gasteiger partial charge >= 0.3 is 0 Å². The van der Waals surface area contributed by atoms with Gasteiger partial charge in [-0.2, -0.15) is 0 Å². The molecule has 0 aliphatic heterocycles. The maximum atomic E-state index is 10.9. The van der Waals surface area contributed by atoms with Crippen molar-refractivity contribution in [2.24, 2.45) is 0 Å². The number of carbonyl (C=O) groups is 1. The van der Waals surface area contributed by atoms with Crippen LogP contribution in [0.5, 0.6) is 0 Å².